The van der Waals surface area contributed by atoms with E-state index in [1.54, 1.807) is 6.08 Å². The highest BCUT2D eigenvalue weighted by Gasteiger charge is 2.24. The number of hydrogen-bond donors (Lipinski definition) is 2. The van der Waals surface area contributed by atoms with Crippen LogP contribution in [0.3, 0.4) is 0 Å². The normalized spacial score (nSPS) is 29.5. The summed E-state index contributed by atoms with van der Waals surface area (Å²) < 4.78 is 0. The third-order valence-electron chi connectivity index (χ3n) is 2.22. The van der Waals surface area contributed by atoms with Gasteiger partial charge in [-0.2, -0.15) is 0 Å². The van der Waals surface area contributed by atoms with Crippen LogP contribution in [0.5, 0.6) is 0 Å². The van der Waals surface area contributed by atoms with Crippen LogP contribution in [0.25, 0.3) is 0 Å². The zero-order chi connectivity index (χ0) is 8.97. The molecule has 0 aromatic heterocycles. The Hall–Kier alpha value is -0.830. The predicted molar refractivity (Wildman–Crippen MR) is 48.6 cm³/mol. The average molecular weight is 168 g/mol. The van der Waals surface area contributed by atoms with Crippen molar-refractivity contribution in [2.75, 3.05) is 0 Å². The molecule has 0 bridgehead atoms. The second-order valence-corrected chi connectivity index (χ2v) is 3.21. The Bertz CT molecular complexity index is 189. The Balaban J connectivity index is 2.35. The van der Waals surface area contributed by atoms with Gasteiger partial charge < -0.3 is 11.1 Å². The van der Waals surface area contributed by atoms with Crippen LogP contribution in [0.15, 0.2) is 12.2 Å². The average Bonchev–Trinajstić information content (AvgIpc) is 2.37. The molecule has 0 aromatic carbocycles. The monoisotopic (exact) mass is 168 g/mol. The summed E-state index contributed by atoms with van der Waals surface area (Å²) in [7, 11) is 0. The van der Waals surface area contributed by atoms with E-state index in [1.807, 2.05) is 6.92 Å². The highest BCUT2D eigenvalue weighted by atomic mass is 16.1. The fraction of sp³-hybridized carbons (Fsp3) is 0.667. The Labute approximate surface area is 73.0 Å². The van der Waals surface area contributed by atoms with E-state index < -0.39 is 0 Å². The summed E-state index contributed by atoms with van der Waals surface area (Å²) >= 11 is 0. The summed E-state index contributed by atoms with van der Waals surface area (Å²) in [5, 5.41) is 2.88. The van der Waals surface area contributed by atoms with Crippen molar-refractivity contribution < 1.29 is 4.79 Å². The maximum Gasteiger partial charge on any atom is 0.243 e. The molecule has 2 atom stereocenters. The van der Waals surface area contributed by atoms with Crippen molar-refractivity contribution in [1.82, 2.24) is 5.32 Å². The summed E-state index contributed by atoms with van der Waals surface area (Å²) in [6.45, 7) is 1.83. The molecule has 1 fully saturated rings. The Morgan fingerprint density at radius 2 is 2.33 bits per heavy atom. The number of carbonyl (C=O) groups excluding carboxylic acids is 1. The van der Waals surface area contributed by atoms with Crippen molar-refractivity contribution in [2.45, 2.75) is 38.3 Å². The van der Waals surface area contributed by atoms with Crippen molar-refractivity contribution in [3.05, 3.63) is 12.2 Å². The molecule has 1 aliphatic carbocycles. The molecular weight excluding hydrogens is 152 g/mol. The molecule has 1 amide bonds. The number of carbonyl (C=O) groups is 1. The molecular formula is C9H16N2O. The van der Waals surface area contributed by atoms with E-state index in [4.69, 9.17) is 5.73 Å². The Morgan fingerprint density at radius 3 is 2.83 bits per heavy atom. The van der Waals surface area contributed by atoms with Crippen molar-refractivity contribution in [3.8, 4) is 0 Å². The summed E-state index contributed by atoms with van der Waals surface area (Å²) in [4.78, 5) is 11.1. The van der Waals surface area contributed by atoms with Crippen LogP contribution >= 0.6 is 0 Å². The van der Waals surface area contributed by atoms with Gasteiger partial charge in [0.25, 0.3) is 0 Å². The third-order valence-corrected chi connectivity index (χ3v) is 2.22. The fourth-order valence-electron chi connectivity index (χ4n) is 1.55. The lowest BCUT2D eigenvalue weighted by Crippen LogP contribution is -2.43. The van der Waals surface area contributed by atoms with Crippen LogP contribution in [0, 0.1) is 0 Å². The lowest BCUT2D eigenvalue weighted by Gasteiger charge is -2.15. The molecule has 0 aromatic rings. The molecule has 1 saturated carbocycles. The molecule has 0 radical (unpaired) electrons. The van der Waals surface area contributed by atoms with Crippen molar-refractivity contribution >= 4 is 5.91 Å². The Morgan fingerprint density at radius 1 is 1.58 bits per heavy atom. The molecule has 0 spiro atoms. The molecule has 3 nitrogen and oxygen atoms in total. The quantitative estimate of drug-likeness (QED) is 0.592. The third kappa shape index (κ3) is 2.34. The number of hydrogen-bond acceptors (Lipinski definition) is 2. The molecule has 1 aliphatic rings. The fourth-order valence-corrected chi connectivity index (χ4v) is 1.55. The zero-order valence-electron chi connectivity index (χ0n) is 7.42. The van der Waals surface area contributed by atoms with Gasteiger partial charge in [0.1, 0.15) is 0 Å². The van der Waals surface area contributed by atoms with Gasteiger partial charge in [0.15, 0.2) is 0 Å². The number of nitrogens with two attached hydrogens (primary N) is 1. The van der Waals surface area contributed by atoms with Crippen molar-refractivity contribution in [1.29, 1.82) is 0 Å². The van der Waals surface area contributed by atoms with Gasteiger partial charge in [-0.05, 0) is 32.3 Å². The number of nitrogens with one attached hydrogen (secondary N) is 1. The number of rotatable bonds is 2. The van der Waals surface area contributed by atoms with Crippen LogP contribution in [0.2, 0.25) is 0 Å². The topological polar surface area (TPSA) is 55.1 Å². The first-order valence-electron chi connectivity index (χ1n) is 4.43. The van der Waals surface area contributed by atoms with E-state index in [0.29, 0.717) is 0 Å². The molecule has 0 heterocycles. The molecule has 1 rings (SSSR count). The summed E-state index contributed by atoms with van der Waals surface area (Å²) in [6.07, 6.45) is 6.44. The first-order valence-corrected chi connectivity index (χ1v) is 4.43. The lowest BCUT2D eigenvalue weighted by molar-refractivity contribution is -0.117. The van der Waals surface area contributed by atoms with E-state index in [1.165, 1.54) is 6.08 Å². The molecule has 3 N–H and O–H groups in total. The van der Waals surface area contributed by atoms with Crippen LogP contribution in [-0.4, -0.2) is 18.0 Å². The highest BCUT2D eigenvalue weighted by Crippen LogP contribution is 2.16. The number of amides is 1. The van der Waals surface area contributed by atoms with E-state index >= 15 is 0 Å². The van der Waals surface area contributed by atoms with E-state index in [0.717, 1.165) is 19.3 Å². The van der Waals surface area contributed by atoms with Gasteiger partial charge in [-0.1, -0.05) is 6.08 Å². The Kier molecular flexibility index (Phi) is 3.29. The number of allylic oxidation sites excluding steroid dienone is 1. The van der Waals surface area contributed by atoms with Gasteiger partial charge in [-0.3, -0.25) is 4.79 Å². The summed E-state index contributed by atoms with van der Waals surface area (Å²) in [6, 6.07) is 0.341. The zero-order valence-corrected chi connectivity index (χ0v) is 7.42. The van der Waals surface area contributed by atoms with Crippen molar-refractivity contribution in [2.24, 2.45) is 5.73 Å². The molecule has 12 heavy (non-hydrogen) atoms. The van der Waals surface area contributed by atoms with E-state index in [9.17, 15) is 4.79 Å². The second kappa shape index (κ2) is 4.26. The van der Waals surface area contributed by atoms with E-state index in [2.05, 4.69) is 5.32 Å². The molecule has 0 aliphatic heterocycles. The molecule has 2 unspecified atom stereocenters. The second-order valence-electron chi connectivity index (χ2n) is 3.21. The first kappa shape index (κ1) is 9.26. The van der Waals surface area contributed by atoms with Gasteiger partial charge in [-0.15, -0.1) is 0 Å². The van der Waals surface area contributed by atoms with Crippen LogP contribution in [0.4, 0.5) is 0 Å². The first-order chi connectivity index (χ1) is 5.74. The van der Waals surface area contributed by atoms with Gasteiger partial charge in [0.05, 0.1) is 0 Å². The maximum atomic E-state index is 11.1. The minimum Gasteiger partial charge on any atom is -0.348 e. The largest absolute Gasteiger partial charge is 0.348 e. The maximum absolute atomic E-state index is 11.1. The molecule has 3 heteroatoms. The minimum atomic E-state index is -0.0279. The lowest BCUT2D eigenvalue weighted by atomic mass is 10.2. The van der Waals surface area contributed by atoms with E-state index in [-0.39, 0.29) is 18.0 Å². The smallest absolute Gasteiger partial charge is 0.243 e. The van der Waals surface area contributed by atoms with Crippen LogP contribution in [0.1, 0.15) is 26.2 Å². The SMILES string of the molecule is CC=CC(=O)NC1CCCC1N. The highest BCUT2D eigenvalue weighted by molar-refractivity contribution is 5.87. The summed E-state index contributed by atoms with van der Waals surface area (Å²) in [5.41, 5.74) is 5.78. The molecule has 68 valence electrons. The van der Waals surface area contributed by atoms with Gasteiger partial charge in [0, 0.05) is 12.1 Å². The predicted octanol–water partition coefficient (Wildman–Crippen LogP) is 0.559. The minimum absolute atomic E-state index is 0.0279. The van der Waals surface area contributed by atoms with Crippen molar-refractivity contribution in [3.63, 3.8) is 0 Å². The van der Waals surface area contributed by atoms with Crippen LogP contribution in [-0.2, 0) is 4.79 Å². The standard InChI is InChI=1S/C9H16N2O/c1-2-4-9(12)11-8-6-3-5-7(8)10/h2,4,7-8H,3,5-6,10H2,1H3,(H,11,12). The van der Waals surface area contributed by atoms with Gasteiger partial charge >= 0.3 is 0 Å². The van der Waals surface area contributed by atoms with Gasteiger partial charge in [-0.25, -0.2) is 0 Å². The van der Waals surface area contributed by atoms with Gasteiger partial charge in [0.2, 0.25) is 5.91 Å². The summed E-state index contributed by atoms with van der Waals surface area (Å²) in [5.74, 6) is -0.0279. The van der Waals surface area contributed by atoms with Crippen LogP contribution < -0.4 is 11.1 Å². The molecule has 0 saturated heterocycles.